The Bertz CT molecular complexity index is 251. The van der Waals surface area contributed by atoms with Crippen LogP contribution in [0.15, 0.2) is 6.20 Å². The molecule has 0 aliphatic carbocycles. The van der Waals surface area contributed by atoms with Crippen LogP contribution in [0.3, 0.4) is 0 Å². The molecule has 1 atom stereocenters. The topological polar surface area (TPSA) is 60.2 Å². The van der Waals surface area contributed by atoms with Gasteiger partial charge in [0.2, 0.25) is 0 Å². The highest BCUT2D eigenvalue weighted by Gasteiger charge is 2.07. The Morgan fingerprint density at radius 3 is 3.08 bits per heavy atom. The van der Waals surface area contributed by atoms with Crippen molar-refractivity contribution < 1.29 is 4.74 Å². The van der Waals surface area contributed by atoms with E-state index in [1.165, 1.54) is 11.3 Å². The molecule has 0 saturated carbocycles. The summed E-state index contributed by atoms with van der Waals surface area (Å²) in [7, 11) is 1.69. The minimum Gasteiger partial charge on any atom is -0.383 e. The van der Waals surface area contributed by atoms with Crippen molar-refractivity contribution in [2.24, 2.45) is 0 Å². The summed E-state index contributed by atoms with van der Waals surface area (Å²) in [6.07, 6.45) is 1.81. The van der Waals surface area contributed by atoms with Crippen LogP contribution in [0.25, 0.3) is 0 Å². The number of anilines is 1. The molecule has 0 aliphatic heterocycles. The van der Waals surface area contributed by atoms with E-state index in [0.717, 1.165) is 18.0 Å². The molecule has 13 heavy (non-hydrogen) atoms. The fraction of sp³-hybridized carbons (Fsp3) is 0.625. The van der Waals surface area contributed by atoms with Crippen LogP contribution in [0.2, 0.25) is 0 Å². The van der Waals surface area contributed by atoms with Crippen LogP contribution < -0.4 is 11.1 Å². The number of nitrogens with two attached hydrogens (primary N) is 1. The molecule has 1 rings (SSSR count). The number of nitrogen functional groups attached to an aromatic ring is 1. The summed E-state index contributed by atoms with van der Waals surface area (Å²) in [5, 5.41) is 3.92. The maximum absolute atomic E-state index is 5.53. The van der Waals surface area contributed by atoms with Crippen molar-refractivity contribution in [2.75, 3.05) is 26.0 Å². The predicted octanol–water partition coefficient (Wildman–Crippen LogP) is 1.02. The Hall–Kier alpha value is -0.650. The molecular weight excluding hydrogens is 186 g/mol. The standard InChI is InChI=1S/C8H15N3OS/c1-6(10-3-4-12-2)7-5-11-8(9)13-7/h5-6,10H,3-4H2,1-2H3,(H2,9,11). The van der Waals surface area contributed by atoms with Crippen LogP contribution >= 0.6 is 11.3 Å². The second-order valence-corrected chi connectivity index (χ2v) is 3.86. The molecule has 0 spiro atoms. The van der Waals surface area contributed by atoms with E-state index in [2.05, 4.69) is 17.2 Å². The fourth-order valence-electron chi connectivity index (χ4n) is 0.979. The van der Waals surface area contributed by atoms with Gasteiger partial charge in [0.15, 0.2) is 5.13 Å². The lowest BCUT2D eigenvalue weighted by Gasteiger charge is -2.10. The SMILES string of the molecule is COCCNC(C)c1cnc(N)s1. The number of nitrogens with one attached hydrogen (secondary N) is 1. The van der Waals surface area contributed by atoms with Crippen LogP contribution in [0.4, 0.5) is 5.13 Å². The van der Waals surface area contributed by atoms with Gasteiger partial charge in [0.25, 0.3) is 0 Å². The number of nitrogens with zero attached hydrogens (tertiary/aromatic N) is 1. The first-order valence-corrected chi connectivity index (χ1v) is 4.99. The number of aromatic nitrogens is 1. The first kappa shape index (κ1) is 10.4. The van der Waals surface area contributed by atoms with Gasteiger partial charge in [-0.05, 0) is 6.92 Å². The molecule has 0 fully saturated rings. The molecule has 1 unspecified atom stereocenters. The predicted molar refractivity (Wildman–Crippen MR) is 54.8 cm³/mol. The van der Waals surface area contributed by atoms with Crippen molar-refractivity contribution in [3.05, 3.63) is 11.1 Å². The molecule has 5 heteroatoms. The molecule has 4 nitrogen and oxygen atoms in total. The second kappa shape index (κ2) is 5.16. The third-order valence-electron chi connectivity index (χ3n) is 1.72. The van der Waals surface area contributed by atoms with E-state index in [4.69, 9.17) is 10.5 Å². The van der Waals surface area contributed by atoms with E-state index in [0.29, 0.717) is 11.2 Å². The Morgan fingerprint density at radius 2 is 2.54 bits per heavy atom. The van der Waals surface area contributed by atoms with Crippen molar-refractivity contribution >= 4 is 16.5 Å². The molecule has 0 aromatic carbocycles. The Labute approximate surface area is 82.1 Å². The molecule has 0 aliphatic rings. The van der Waals surface area contributed by atoms with Crippen molar-refractivity contribution in [3.63, 3.8) is 0 Å². The number of hydrogen-bond acceptors (Lipinski definition) is 5. The van der Waals surface area contributed by atoms with Gasteiger partial charge >= 0.3 is 0 Å². The number of thiazole rings is 1. The number of hydrogen-bond donors (Lipinski definition) is 2. The maximum Gasteiger partial charge on any atom is 0.180 e. The normalized spacial score (nSPS) is 13.1. The molecule has 1 aromatic heterocycles. The van der Waals surface area contributed by atoms with E-state index in [9.17, 15) is 0 Å². The highest BCUT2D eigenvalue weighted by Crippen LogP contribution is 2.21. The summed E-state index contributed by atoms with van der Waals surface area (Å²) in [4.78, 5) is 5.15. The smallest absolute Gasteiger partial charge is 0.180 e. The van der Waals surface area contributed by atoms with Crippen molar-refractivity contribution in [1.82, 2.24) is 10.3 Å². The lowest BCUT2D eigenvalue weighted by Crippen LogP contribution is -2.22. The average molecular weight is 201 g/mol. The Kier molecular flexibility index (Phi) is 4.14. The Balaban J connectivity index is 2.35. The molecule has 0 radical (unpaired) electrons. The maximum atomic E-state index is 5.53. The molecule has 3 N–H and O–H groups in total. The Morgan fingerprint density at radius 1 is 1.77 bits per heavy atom. The zero-order valence-corrected chi connectivity index (χ0v) is 8.73. The van der Waals surface area contributed by atoms with E-state index in [1.807, 2.05) is 6.20 Å². The summed E-state index contributed by atoms with van der Waals surface area (Å²) >= 11 is 1.52. The van der Waals surface area contributed by atoms with Crippen molar-refractivity contribution in [2.45, 2.75) is 13.0 Å². The van der Waals surface area contributed by atoms with Gasteiger partial charge in [0.1, 0.15) is 0 Å². The lowest BCUT2D eigenvalue weighted by molar-refractivity contribution is 0.196. The quantitative estimate of drug-likeness (QED) is 0.698. The average Bonchev–Trinajstić information content (AvgIpc) is 2.52. The zero-order chi connectivity index (χ0) is 9.68. The lowest BCUT2D eigenvalue weighted by atomic mass is 10.3. The first-order chi connectivity index (χ1) is 6.24. The minimum atomic E-state index is 0.296. The van der Waals surface area contributed by atoms with Gasteiger partial charge in [-0.15, -0.1) is 11.3 Å². The van der Waals surface area contributed by atoms with Crippen molar-refractivity contribution in [3.8, 4) is 0 Å². The van der Waals surface area contributed by atoms with Gasteiger partial charge in [-0.1, -0.05) is 0 Å². The van der Waals surface area contributed by atoms with Crippen LogP contribution in [0, 0.1) is 0 Å². The monoisotopic (exact) mass is 201 g/mol. The molecule has 0 bridgehead atoms. The molecule has 0 saturated heterocycles. The second-order valence-electron chi connectivity index (χ2n) is 2.77. The first-order valence-electron chi connectivity index (χ1n) is 4.17. The molecule has 1 heterocycles. The molecule has 1 aromatic rings. The van der Waals surface area contributed by atoms with Gasteiger partial charge in [-0.2, -0.15) is 0 Å². The van der Waals surface area contributed by atoms with Crippen LogP contribution in [0.1, 0.15) is 17.8 Å². The van der Waals surface area contributed by atoms with Crippen LogP contribution in [0.5, 0.6) is 0 Å². The highest BCUT2D eigenvalue weighted by molar-refractivity contribution is 7.15. The van der Waals surface area contributed by atoms with Crippen LogP contribution in [-0.4, -0.2) is 25.2 Å². The number of methoxy groups -OCH3 is 1. The van der Waals surface area contributed by atoms with E-state index < -0.39 is 0 Å². The third kappa shape index (κ3) is 3.30. The highest BCUT2D eigenvalue weighted by atomic mass is 32.1. The number of rotatable bonds is 5. The third-order valence-corrected chi connectivity index (χ3v) is 2.73. The van der Waals surface area contributed by atoms with Crippen molar-refractivity contribution in [1.29, 1.82) is 0 Å². The molecule has 0 amide bonds. The minimum absolute atomic E-state index is 0.296. The summed E-state index contributed by atoms with van der Waals surface area (Å²) in [6.45, 7) is 3.65. The number of ether oxygens (including phenoxy) is 1. The van der Waals surface area contributed by atoms with Gasteiger partial charge in [-0.25, -0.2) is 4.98 Å². The van der Waals surface area contributed by atoms with E-state index >= 15 is 0 Å². The molecular formula is C8H15N3OS. The van der Waals surface area contributed by atoms with Gasteiger partial charge < -0.3 is 15.8 Å². The van der Waals surface area contributed by atoms with Crippen LogP contribution in [-0.2, 0) is 4.74 Å². The summed E-state index contributed by atoms with van der Waals surface area (Å²) in [6, 6.07) is 0.296. The summed E-state index contributed by atoms with van der Waals surface area (Å²) in [5.74, 6) is 0. The molecule has 74 valence electrons. The van der Waals surface area contributed by atoms with Gasteiger partial charge in [-0.3, -0.25) is 0 Å². The van der Waals surface area contributed by atoms with Gasteiger partial charge in [0.05, 0.1) is 6.61 Å². The van der Waals surface area contributed by atoms with E-state index in [-0.39, 0.29) is 0 Å². The largest absolute Gasteiger partial charge is 0.383 e. The van der Waals surface area contributed by atoms with E-state index in [1.54, 1.807) is 7.11 Å². The summed E-state index contributed by atoms with van der Waals surface area (Å²) in [5.41, 5.74) is 5.53. The zero-order valence-electron chi connectivity index (χ0n) is 7.91. The van der Waals surface area contributed by atoms with Gasteiger partial charge in [0, 0.05) is 30.8 Å². The summed E-state index contributed by atoms with van der Waals surface area (Å²) < 4.78 is 4.93. The fourth-order valence-corrected chi connectivity index (χ4v) is 1.69.